The van der Waals surface area contributed by atoms with Crippen LogP contribution in [0.2, 0.25) is 0 Å². The maximum atomic E-state index is 13.9. The van der Waals surface area contributed by atoms with Crippen LogP contribution in [0.5, 0.6) is 5.75 Å². The Morgan fingerprint density at radius 3 is 2.06 bits per heavy atom. The second-order valence-corrected chi connectivity index (χ2v) is 13.1. The van der Waals surface area contributed by atoms with Gasteiger partial charge in [-0.3, -0.25) is 14.4 Å². The molecular weight excluding hydrogens is 640 g/mol. The first-order chi connectivity index (χ1) is 25.0. The maximum absolute atomic E-state index is 13.9. The van der Waals surface area contributed by atoms with E-state index in [-0.39, 0.29) is 49.9 Å². The smallest absolute Gasteiger partial charge is 0.309 e. The van der Waals surface area contributed by atoms with Gasteiger partial charge in [-0.1, -0.05) is 115 Å². The van der Waals surface area contributed by atoms with E-state index in [1.807, 2.05) is 127 Å². The van der Waals surface area contributed by atoms with Crippen molar-refractivity contribution in [1.29, 1.82) is 0 Å². The van der Waals surface area contributed by atoms with E-state index in [1.165, 1.54) is 0 Å². The van der Waals surface area contributed by atoms with Crippen molar-refractivity contribution < 1.29 is 29.0 Å². The highest BCUT2D eigenvalue weighted by Gasteiger charge is 2.28. The SMILES string of the molecule is O=C1N[C@@H](Cc2ccc(OCc3ccccc3)cc2)COC(=O)[C@@H](Cc2ccccc2)CCC=CC[C@@H]1CC(=O)N(CCO)Cc1ccccc1. The zero-order chi connectivity index (χ0) is 35.7. The van der Waals surface area contributed by atoms with Crippen LogP contribution in [0.1, 0.15) is 47.9 Å². The van der Waals surface area contributed by atoms with Gasteiger partial charge < -0.3 is 24.8 Å². The molecule has 4 aromatic rings. The number of benzene rings is 4. The van der Waals surface area contributed by atoms with Crippen LogP contribution in [0.4, 0.5) is 0 Å². The molecule has 0 saturated carbocycles. The average molecular weight is 689 g/mol. The van der Waals surface area contributed by atoms with Gasteiger partial charge in [-0.15, -0.1) is 0 Å². The lowest BCUT2D eigenvalue weighted by Gasteiger charge is -2.26. The van der Waals surface area contributed by atoms with Crippen molar-refractivity contribution in [3.8, 4) is 5.75 Å². The minimum absolute atomic E-state index is 0.000854. The first-order valence-corrected chi connectivity index (χ1v) is 17.8. The first kappa shape index (κ1) is 37.1. The fourth-order valence-electron chi connectivity index (χ4n) is 6.24. The normalized spacial score (nSPS) is 18.3. The van der Waals surface area contributed by atoms with Gasteiger partial charge in [-0.05, 0) is 66.5 Å². The average Bonchev–Trinajstić information content (AvgIpc) is 3.17. The van der Waals surface area contributed by atoms with Gasteiger partial charge in [-0.2, -0.15) is 0 Å². The molecule has 2 N–H and O–H groups in total. The van der Waals surface area contributed by atoms with Crippen LogP contribution >= 0.6 is 0 Å². The number of ether oxygens (including phenoxy) is 2. The number of carbonyl (C=O) groups excluding carboxylic acids is 3. The number of nitrogens with zero attached hydrogens (tertiary/aromatic N) is 1. The van der Waals surface area contributed by atoms with Crippen LogP contribution in [-0.4, -0.2) is 53.6 Å². The van der Waals surface area contributed by atoms with Crippen molar-refractivity contribution in [2.45, 2.75) is 57.7 Å². The number of hydrogen-bond acceptors (Lipinski definition) is 6. The first-order valence-electron chi connectivity index (χ1n) is 17.8. The van der Waals surface area contributed by atoms with E-state index in [1.54, 1.807) is 4.90 Å². The van der Waals surface area contributed by atoms with Crippen LogP contribution in [0.3, 0.4) is 0 Å². The van der Waals surface area contributed by atoms with E-state index in [0.29, 0.717) is 45.3 Å². The van der Waals surface area contributed by atoms with Gasteiger partial charge >= 0.3 is 5.97 Å². The molecule has 5 rings (SSSR count). The third kappa shape index (κ3) is 12.3. The van der Waals surface area contributed by atoms with Gasteiger partial charge in [-0.25, -0.2) is 0 Å². The molecule has 0 aliphatic carbocycles. The zero-order valence-electron chi connectivity index (χ0n) is 29.1. The third-order valence-corrected chi connectivity index (χ3v) is 9.08. The van der Waals surface area contributed by atoms with Gasteiger partial charge in [0.1, 0.15) is 19.0 Å². The highest BCUT2D eigenvalue weighted by atomic mass is 16.5. The Morgan fingerprint density at radius 2 is 1.39 bits per heavy atom. The second kappa shape index (κ2) is 19.8. The highest BCUT2D eigenvalue weighted by molar-refractivity contribution is 5.86. The molecule has 0 saturated heterocycles. The van der Waals surface area contributed by atoms with E-state index in [0.717, 1.165) is 28.0 Å². The maximum Gasteiger partial charge on any atom is 0.309 e. The molecule has 1 heterocycles. The summed E-state index contributed by atoms with van der Waals surface area (Å²) >= 11 is 0. The van der Waals surface area contributed by atoms with E-state index in [9.17, 15) is 19.5 Å². The summed E-state index contributed by atoms with van der Waals surface area (Å²) in [5, 5.41) is 12.9. The van der Waals surface area contributed by atoms with Crippen molar-refractivity contribution in [3.05, 3.63) is 150 Å². The number of carbonyl (C=O) groups is 3. The standard InChI is InChI=1S/C43H48N2O6/c46-26-25-45(30-35-15-7-2-8-16-35)41(47)29-37-19-11-4-12-20-38(27-33-13-5-1-6-14-33)43(49)51-32-39(44-42(37)48)28-34-21-23-40(24-22-34)50-31-36-17-9-3-10-18-36/h1-11,13-18,21-24,37-39,46H,12,19-20,25-32H2,(H,44,48)/t37-,38-,39+/m1/s1. The van der Waals surface area contributed by atoms with Gasteiger partial charge in [0.25, 0.3) is 0 Å². The summed E-state index contributed by atoms with van der Waals surface area (Å²) in [4.78, 5) is 42.6. The minimum Gasteiger partial charge on any atom is -0.489 e. The molecule has 0 bridgehead atoms. The Labute approximate surface area is 301 Å². The molecule has 3 atom stereocenters. The summed E-state index contributed by atoms with van der Waals surface area (Å²) < 4.78 is 11.9. The van der Waals surface area contributed by atoms with Crippen molar-refractivity contribution in [3.63, 3.8) is 0 Å². The lowest BCUT2D eigenvalue weighted by Crippen LogP contribution is -2.45. The predicted octanol–water partition coefficient (Wildman–Crippen LogP) is 6.46. The number of esters is 1. The van der Waals surface area contributed by atoms with Gasteiger partial charge in [0.2, 0.25) is 11.8 Å². The predicted molar refractivity (Wildman–Crippen MR) is 197 cm³/mol. The third-order valence-electron chi connectivity index (χ3n) is 9.08. The number of rotatable bonds is 13. The second-order valence-electron chi connectivity index (χ2n) is 13.1. The lowest BCUT2D eigenvalue weighted by molar-refractivity contribution is -0.150. The van der Waals surface area contributed by atoms with Crippen LogP contribution in [0, 0.1) is 11.8 Å². The molecule has 8 nitrogen and oxygen atoms in total. The molecule has 1 aliphatic rings. The van der Waals surface area contributed by atoms with E-state index in [2.05, 4.69) is 5.32 Å². The van der Waals surface area contributed by atoms with E-state index in [4.69, 9.17) is 9.47 Å². The summed E-state index contributed by atoms with van der Waals surface area (Å²) in [6, 6.07) is 36.6. The van der Waals surface area contributed by atoms with Crippen LogP contribution < -0.4 is 10.1 Å². The minimum atomic E-state index is -0.640. The van der Waals surface area contributed by atoms with Crippen LogP contribution in [0.15, 0.2) is 127 Å². The molecule has 0 aromatic heterocycles. The Hall–Kier alpha value is -5.21. The number of nitrogens with one attached hydrogen (secondary N) is 1. The molecule has 0 fully saturated rings. The van der Waals surface area contributed by atoms with Gasteiger partial charge in [0.15, 0.2) is 0 Å². The summed E-state index contributed by atoms with van der Waals surface area (Å²) in [6.07, 6.45) is 6.51. The van der Waals surface area contributed by atoms with Crippen molar-refractivity contribution >= 4 is 17.8 Å². The molecular formula is C43H48N2O6. The molecule has 8 heteroatoms. The van der Waals surface area contributed by atoms with Crippen LogP contribution in [-0.2, 0) is 45.1 Å². The van der Waals surface area contributed by atoms with Crippen LogP contribution in [0.25, 0.3) is 0 Å². The van der Waals surface area contributed by atoms with Crippen molar-refractivity contribution in [1.82, 2.24) is 10.2 Å². The topological polar surface area (TPSA) is 105 Å². The quantitative estimate of drug-likeness (QED) is 0.123. The van der Waals surface area contributed by atoms with Crippen molar-refractivity contribution in [2.24, 2.45) is 11.8 Å². The fraction of sp³-hybridized carbons (Fsp3) is 0.326. The molecule has 266 valence electrons. The molecule has 51 heavy (non-hydrogen) atoms. The molecule has 0 unspecified atom stereocenters. The highest BCUT2D eigenvalue weighted by Crippen LogP contribution is 2.21. The van der Waals surface area contributed by atoms with E-state index >= 15 is 0 Å². The Kier molecular flexibility index (Phi) is 14.4. The lowest BCUT2D eigenvalue weighted by atomic mass is 9.94. The Morgan fingerprint density at radius 1 is 0.765 bits per heavy atom. The molecule has 1 aliphatic heterocycles. The largest absolute Gasteiger partial charge is 0.489 e. The molecule has 0 radical (unpaired) electrons. The summed E-state index contributed by atoms with van der Waals surface area (Å²) in [5.41, 5.74) is 4.02. The number of aliphatic hydroxyl groups is 1. The molecule has 0 spiro atoms. The van der Waals surface area contributed by atoms with Gasteiger partial charge in [0.05, 0.1) is 24.5 Å². The molecule has 4 aromatic carbocycles. The number of allylic oxidation sites excluding steroid dienone is 2. The Bertz CT molecular complexity index is 1680. The summed E-state index contributed by atoms with van der Waals surface area (Å²) in [6.45, 7) is 0.791. The number of cyclic esters (lactones) is 1. The monoisotopic (exact) mass is 688 g/mol. The fourth-order valence-corrected chi connectivity index (χ4v) is 6.24. The summed E-state index contributed by atoms with van der Waals surface area (Å²) in [5.74, 6) is -1.02. The zero-order valence-corrected chi connectivity index (χ0v) is 29.1. The molecule has 2 amide bonds. The number of hydrogen-bond donors (Lipinski definition) is 2. The number of amides is 2. The van der Waals surface area contributed by atoms with Gasteiger partial charge in [0, 0.05) is 19.5 Å². The van der Waals surface area contributed by atoms with Crippen molar-refractivity contribution in [2.75, 3.05) is 19.8 Å². The summed E-state index contributed by atoms with van der Waals surface area (Å²) in [7, 11) is 0. The van der Waals surface area contributed by atoms with E-state index < -0.39 is 12.0 Å². The number of aliphatic hydroxyl groups excluding tert-OH is 1. The Balaban J connectivity index is 1.31.